The lowest BCUT2D eigenvalue weighted by Crippen LogP contribution is -2.29. The highest BCUT2D eigenvalue weighted by Crippen LogP contribution is 2.50. The van der Waals surface area contributed by atoms with E-state index in [-0.39, 0.29) is 5.91 Å². The number of amidine groups is 1. The smallest absolute Gasteiger partial charge is 0.274 e. The zero-order valence-corrected chi connectivity index (χ0v) is 20.4. The highest BCUT2D eigenvalue weighted by Gasteiger charge is 2.40. The molecular weight excluding hydrogens is 458 g/mol. The Labute approximate surface area is 207 Å². The summed E-state index contributed by atoms with van der Waals surface area (Å²) in [5.74, 6) is -0.0458. The summed E-state index contributed by atoms with van der Waals surface area (Å²) in [6.07, 6.45) is 0. The maximum absolute atomic E-state index is 13.8. The van der Waals surface area contributed by atoms with Crippen molar-refractivity contribution in [2.45, 2.75) is 11.8 Å². The standard InChI is InChI=1S/C28H21N3OS2/c1-18-11-15-22(16-12-18)31-26(32)25(27-30(2)23-9-5-6-10-24(23)33-27)34-28(31)29-21-14-13-19-7-3-4-8-20(19)17-21/h3-17H,1-2H3. The van der Waals surface area contributed by atoms with Crippen LogP contribution in [0.5, 0.6) is 0 Å². The van der Waals surface area contributed by atoms with Crippen LogP contribution in [0.2, 0.25) is 0 Å². The molecule has 0 radical (unpaired) electrons. The molecule has 0 N–H and O–H groups in total. The van der Waals surface area contributed by atoms with Gasteiger partial charge in [0.05, 0.1) is 22.1 Å². The van der Waals surface area contributed by atoms with Crippen molar-refractivity contribution < 1.29 is 4.79 Å². The van der Waals surface area contributed by atoms with Gasteiger partial charge < -0.3 is 4.90 Å². The number of benzene rings is 4. The largest absolute Gasteiger partial charge is 0.337 e. The van der Waals surface area contributed by atoms with Gasteiger partial charge in [0.15, 0.2) is 5.17 Å². The van der Waals surface area contributed by atoms with E-state index in [0.29, 0.717) is 10.1 Å². The number of aryl methyl sites for hydroxylation is 1. The van der Waals surface area contributed by atoms with Gasteiger partial charge in [0.25, 0.3) is 5.91 Å². The molecule has 0 aliphatic carbocycles. The van der Waals surface area contributed by atoms with Crippen molar-refractivity contribution in [1.82, 2.24) is 0 Å². The van der Waals surface area contributed by atoms with E-state index < -0.39 is 0 Å². The average Bonchev–Trinajstić information content (AvgIpc) is 3.36. The minimum atomic E-state index is -0.0458. The fourth-order valence-electron chi connectivity index (χ4n) is 4.16. The van der Waals surface area contributed by atoms with Gasteiger partial charge in [0.1, 0.15) is 4.91 Å². The summed E-state index contributed by atoms with van der Waals surface area (Å²) >= 11 is 3.08. The number of aliphatic imine (C=N–C) groups is 1. The van der Waals surface area contributed by atoms with Crippen LogP contribution in [-0.4, -0.2) is 18.1 Å². The Morgan fingerprint density at radius 2 is 1.53 bits per heavy atom. The number of carbonyl (C=O) groups excluding carboxylic acids is 1. The highest BCUT2D eigenvalue weighted by molar-refractivity contribution is 8.20. The molecule has 0 spiro atoms. The third kappa shape index (κ3) is 3.59. The second-order valence-electron chi connectivity index (χ2n) is 8.27. The third-order valence-electron chi connectivity index (χ3n) is 5.96. The van der Waals surface area contributed by atoms with Crippen LogP contribution >= 0.6 is 23.5 Å². The summed E-state index contributed by atoms with van der Waals surface area (Å²) in [4.78, 5) is 24.5. The lowest BCUT2D eigenvalue weighted by Gasteiger charge is -2.17. The molecule has 34 heavy (non-hydrogen) atoms. The van der Waals surface area contributed by atoms with Crippen LogP contribution in [0.1, 0.15) is 5.56 Å². The lowest BCUT2D eigenvalue weighted by atomic mass is 10.1. The molecule has 1 amide bonds. The van der Waals surface area contributed by atoms with Gasteiger partial charge in [-0.15, -0.1) is 0 Å². The van der Waals surface area contributed by atoms with Gasteiger partial charge in [-0.25, -0.2) is 4.99 Å². The van der Waals surface area contributed by atoms with E-state index in [4.69, 9.17) is 4.99 Å². The molecule has 6 heteroatoms. The van der Waals surface area contributed by atoms with E-state index in [2.05, 4.69) is 41.3 Å². The summed E-state index contributed by atoms with van der Waals surface area (Å²) in [5, 5.41) is 3.90. The maximum atomic E-state index is 13.8. The molecule has 4 nitrogen and oxygen atoms in total. The minimum Gasteiger partial charge on any atom is -0.337 e. The van der Waals surface area contributed by atoms with Crippen molar-refractivity contribution in [3.05, 3.63) is 106 Å². The van der Waals surface area contributed by atoms with Crippen LogP contribution in [-0.2, 0) is 4.79 Å². The number of hydrogen-bond donors (Lipinski definition) is 0. The maximum Gasteiger partial charge on any atom is 0.274 e. The van der Waals surface area contributed by atoms with Crippen molar-refractivity contribution in [2.24, 2.45) is 4.99 Å². The number of hydrogen-bond acceptors (Lipinski definition) is 5. The Kier molecular flexibility index (Phi) is 5.20. The number of amides is 1. The van der Waals surface area contributed by atoms with E-state index in [1.54, 1.807) is 16.7 Å². The van der Waals surface area contributed by atoms with Gasteiger partial charge in [0, 0.05) is 11.9 Å². The van der Waals surface area contributed by atoms with Gasteiger partial charge in [-0.2, -0.15) is 0 Å². The molecule has 0 bridgehead atoms. The van der Waals surface area contributed by atoms with Crippen LogP contribution in [0.3, 0.4) is 0 Å². The van der Waals surface area contributed by atoms with E-state index in [1.165, 1.54) is 17.1 Å². The number of anilines is 2. The van der Waals surface area contributed by atoms with E-state index >= 15 is 0 Å². The predicted molar refractivity (Wildman–Crippen MR) is 145 cm³/mol. The molecule has 2 aliphatic heterocycles. The molecule has 6 rings (SSSR count). The third-order valence-corrected chi connectivity index (χ3v) is 8.36. The molecule has 1 fully saturated rings. The minimum absolute atomic E-state index is 0.0458. The summed E-state index contributed by atoms with van der Waals surface area (Å²) < 4.78 is 0. The number of rotatable bonds is 2. The molecular formula is C28H21N3OS2. The summed E-state index contributed by atoms with van der Waals surface area (Å²) in [7, 11) is 2.02. The van der Waals surface area contributed by atoms with Crippen molar-refractivity contribution >= 4 is 62.4 Å². The number of carbonyl (C=O) groups is 1. The molecule has 2 aliphatic rings. The average molecular weight is 480 g/mol. The number of para-hydroxylation sites is 1. The van der Waals surface area contributed by atoms with E-state index in [9.17, 15) is 4.79 Å². The second-order valence-corrected chi connectivity index (χ2v) is 10.3. The molecule has 0 saturated carbocycles. The fourth-order valence-corrected chi connectivity index (χ4v) is 6.50. The van der Waals surface area contributed by atoms with Crippen LogP contribution < -0.4 is 9.80 Å². The zero-order valence-electron chi connectivity index (χ0n) is 18.7. The Balaban J connectivity index is 1.47. The summed E-state index contributed by atoms with van der Waals surface area (Å²) in [5.41, 5.74) is 3.91. The summed E-state index contributed by atoms with van der Waals surface area (Å²) in [6.45, 7) is 2.04. The normalized spacial score (nSPS) is 18.9. The lowest BCUT2D eigenvalue weighted by molar-refractivity contribution is -0.113. The highest BCUT2D eigenvalue weighted by atomic mass is 32.2. The van der Waals surface area contributed by atoms with Crippen LogP contribution in [0.4, 0.5) is 17.1 Å². The first kappa shape index (κ1) is 21.1. The SMILES string of the molecule is Cc1ccc(N2C(=O)C(=C3Sc4ccccc4N3C)SC2=Nc2ccc3ccccc3c2)cc1. The van der Waals surface area contributed by atoms with Gasteiger partial charge in [-0.1, -0.05) is 71.9 Å². The van der Waals surface area contributed by atoms with Gasteiger partial charge in [-0.3, -0.25) is 9.69 Å². The van der Waals surface area contributed by atoms with Crippen LogP contribution in [0, 0.1) is 6.92 Å². The number of fused-ring (bicyclic) bond motifs is 2. The second kappa shape index (κ2) is 8.38. The van der Waals surface area contributed by atoms with Crippen molar-refractivity contribution in [3.63, 3.8) is 0 Å². The quantitative estimate of drug-likeness (QED) is 0.282. The first-order chi connectivity index (χ1) is 16.6. The first-order valence-electron chi connectivity index (χ1n) is 11.0. The molecule has 2 heterocycles. The molecule has 166 valence electrons. The fraction of sp³-hybridized carbons (Fsp3) is 0.0714. The Morgan fingerprint density at radius 1 is 0.794 bits per heavy atom. The van der Waals surface area contributed by atoms with Crippen molar-refractivity contribution in [3.8, 4) is 0 Å². The number of nitrogens with zero attached hydrogens (tertiary/aromatic N) is 3. The van der Waals surface area contributed by atoms with Gasteiger partial charge in [0.2, 0.25) is 0 Å². The zero-order chi connectivity index (χ0) is 23.2. The molecule has 4 aromatic carbocycles. The topological polar surface area (TPSA) is 35.9 Å². The van der Waals surface area contributed by atoms with Crippen LogP contribution in [0.25, 0.3) is 10.8 Å². The van der Waals surface area contributed by atoms with Gasteiger partial charge >= 0.3 is 0 Å². The van der Waals surface area contributed by atoms with Crippen molar-refractivity contribution in [1.29, 1.82) is 0 Å². The van der Waals surface area contributed by atoms with Crippen molar-refractivity contribution in [2.75, 3.05) is 16.8 Å². The Bertz CT molecular complexity index is 1510. The molecule has 0 aromatic heterocycles. The predicted octanol–water partition coefficient (Wildman–Crippen LogP) is 7.33. The van der Waals surface area contributed by atoms with Crippen LogP contribution in [0.15, 0.2) is 111 Å². The molecule has 0 unspecified atom stereocenters. The molecule has 0 atom stereocenters. The van der Waals surface area contributed by atoms with E-state index in [1.807, 2.05) is 68.6 Å². The monoisotopic (exact) mass is 479 g/mol. The number of thioether (sulfide) groups is 2. The summed E-state index contributed by atoms with van der Waals surface area (Å²) in [6, 6.07) is 30.6. The van der Waals surface area contributed by atoms with Gasteiger partial charge in [-0.05, 0) is 65.9 Å². The van der Waals surface area contributed by atoms with E-state index in [0.717, 1.165) is 37.9 Å². The molecule has 4 aromatic rings. The Morgan fingerprint density at radius 3 is 2.32 bits per heavy atom. The Hall–Kier alpha value is -3.48. The first-order valence-corrected chi connectivity index (χ1v) is 12.6. The molecule has 1 saturated heterocycles.